The van der Waals surface area contributed by atoms with E-state index in [0.717, 1.165) is 18.5 Å². The van der Waals surface area contributed by atoms with Crippen LogP contribution in [0.2, 0.25) is 0 Å². The highest BCUT2D eigenvalue weighted by molar-refractivity contribution is 5.94. The molecular weight excluding hydrogens is 320 g/mol. The quantitative estimate of drug-likeness (QED) is 0.843. The fourth-order valence-electron chi connectivity index (χ4n) is 4.46. The first-order valence-electron chi connectivity index (χ1n) is 10.6. The number of likely N-dealkylation sites (tertiary alicyclic amines) is 1. The van der Waals surface area contributed by atoms with Gasteiger partial charge in [-0.05, 0) is 67.8 Å². The van der Waals surface area contributed by atoms with Gasteiger partial charge in [-0.3, -0.25) is 4.79 Å². The molecule has 0 bridgehead atoms. The van der Waals surface area contributed by atoms with E-state index in [9.17, 15) is 4.79 Å². The molecule has 1 aliphatic carbocycles. The molecule has 3 rings (SSSR count). The maximum atomic E-state index is 12.8. The number of carbonyl (C=O) groups is 1. The minimum Gasteiger partial charge on any atom is -0.349 e. The number of piperidine rings is 1. The van der Waals surface area contributed by atoms with Crippen molar-refractivity contribution in [3.05, 3.63) is 35.4 Å². The van der Waals surface area contributed by atoms with Crippen LogP contribution in [0, 0.1) is 5.92 Å². The van der Waals surface area contributed by atoms with Gasteiger partial charge in [0, 0.05) is 18.2 Å². The summed E-state index contributed by atoms with van der Waals surface area (Å²) in [4.78, 5) is 15.4. The molecule has 0 spiro atoms. The molecule has 1 saturated heterocycles. The predicted octanol–water partition coefficient (Wildman–Crippen LogP) is 4.76. The third-order valence-corrected chi connectivity index (χ3v) is 6.18. The number of hydrogen-bond donors (Lipinski definition) is 1. The average Bonchev–Trinajstić information content (AvgIpc) is 2.63. The maximum Gasteiger partial charge on any atom is 0.251 e. The molecule has 1 aromatic rings. The smallest absolute Gasteiger partial charge is 0.251 e. The fourth-order valence-corrected chi connectivity index (χ4v) is 4.46. The van der Waals surface area contributed by atoms with E-state index in [1.807, 2.05) is 12.1 Å². The molecule has 1 saturated carbocycles. The van der Waals surface area contributed by atoms with Gasteiger partial charge in [-0.25, -0.2) is 0 Å². The SMILES string of the molecule is CC(C)(C)c1ccc(C(=O)NC2CCCCC2CN2CCCCC2)cc1. The maximum absolute atomic E-state index is 12.8. The molecule has 2 atom stereocenters. The molecular formula is C23H36N2O. The van der Waals surface area contributed by atoms with Gasteiger partial charge in [-0.1, -0.05) is 52.2 Å². The van der Waals surface area contributed by atoms with E-state index in [1.54, 1.807) is 0 Å². The second-order valence-corrected chi connectivity index (χ2v) is 9.31. The Morgan fingerprint density at radius 1 is 1.00 bits per heavy atom. The second kappa shape index (κ2) is 8.56. The molecule has 2 unspecified atom stereocenters. The first-order chi connectivity index (χ1) is 12.4. The third-order valence-electron chi connectivity index (χ3n) is 6.18. The lowest BCUT2D eigenvalue weighted by atomic mass is 9.83. The van der Waals surface area contributed by atoms with Gasteiger partial charge in [0.05, 0.1) is 0 Å². The average molecular weight is 357 g/mol. The second-order valence-electron chi connectivity index (χ2n) is 9.31. The number of amides is 1. The summed E-state index contributed by atoms with van der Waals surface area (Å²) in [7, 11) is 0. The summed E-state index contributed by atoms with van der Waals surface area (Å²) in [5, 5.41) is 3.37. The van der Waals surface area contributed by atoms with Crippen molar-refractivity contribution in [1.82, 2.24) is 10.2 Å². The van der Waals surface area contributed by atoms with Gasteiger partial charge in [-0.15, -0.1) is 0 Å². The van der Waals surface area contributed by atoms with Crippen molar-refractivity contribution in [1.29, 1.82) is 0 Å². The lowest BCUT2D eigenvalue weighted by Gasteiger charge is -2.37. The normalized spacial score (nSPS) is 25.0. The molecule has 1 aromatic carbocycles. The van der Waals surface area contributed by atoms with Crippen LogP contribution in [0.5, 0.6) is 0 Å². The molecule has 2 fully saturated rings. The van der Waals surface area contributed by atoms with Crippen molar-refractivity contribution in [2.75, 3.05) is 19.6 Å². The van der Waals surface area contributed by atoms with Gasteiger partial charge in [0.15, 0.2) is 0 Å². The Hall–Kier alpha value is -1.35. The van der Waals surface area contributed by atoms with Gasteiger partial charge < -0.3 is 10.2 Å². The molecule has 26 heavy (non-hydrogen) atoms. The van der Waals surface area contributed by atoms with Crippen molar-refractivity contribution in [2.45, 2.75) is 77.2 Å². The molecule has 0 radical (unpaired) electrons. The topological polar surface area (TPSA) is 32.3 Å². The van der Waals surface area contributed by atoms with Crippen LogP contribution >= 0.6 is 0 Å². The van der Waals surface area contributed by atoms with Gasteiger partial charge in [0.1, 0.15) is 0 Å². The predicted molar refractivity (Wildman–Crippen MR) is 109 cm³/mol. The van der Waals surface area contributed by atoms with E-state index >= 15 is 0 Å². The van der Waals surface area contributed by atoms with Crippen molar-refractivity contribution >= 4 is 5.91 Å². The van der Waals surface area contributed by atoms with E-state index in [1.165, 1.54) is 57.2 Å². The lowest BCUT2D eigenvalue weighted by Crippen LogP contribution is -2.47. The summed E-state index contributed by atoms with van der Waals surface area (Å²) in [5.74, 6) is 0.709. The standard InChI is InChI=1S/C23H36N2O/c1-23(2,3)20-13-11-18(12-14-20)22(26)24-21-10-6-5-9-19(21)17-25-15-7-4-8-16-25/h11-14,19,21H,4-10,15-17H2,1-3H3,(H,24,26). The van der Waals surface area contributed by atoms with E-state index in [4.69, 9.17) is 0 Å². The summed E-state index contributed by atoms with van der Waals surface area (Å²) < 4.78 is 0. The van der Waals surface area contributed by atoms with E-state index < -0.39 is 0 Å². The first-order valence-corrected chi connectivity index (χ1v) is 10.6. The van der Waals surface area contributed by atoms with Crippen LogP contribution in [0.3, 0.4) is 0 Å². The number of nitrogens with zero attached hydrogens (tertiary/aromatic N) is 1. The number of hydrogen-bond acceptors (Lipinski definition) is 2. The number of benzene rings is 1. The Kier molecular flexibility index (Phi) is 6.39. The third kappa shape index (κ3) is 5.09. The summed E-state index contributed by atoms with van der Waals surface area (Å²) >= 11 is 0. The highest BCUT2D eigenvalue weighted by atomic mass is 16.1. The summed E-state index contributed by atoms with van der Waals surface area (Å²) in [6, 6.07) is 8.50. The molecule has 1 heterocycles. The van der Waals surface area contributed by atoms with Crippen LogP contribution in [0.15, 0.2) is 24.3 Å². The molecule has 1 aliphatic heterocycles. The molecule has 3 nitrogen and oxygen atoms in total. The Bertz CT molecular complexity index is 581. The molecule has 3 heteroatoms. The molecule has 1 amide bonds. The van der Waals surface area contributed by atoms with Gasteiger partial charge >= 0.3 is 0 Å². The van der Waals surface area contributed by atoms with Crippen LogP contribution in [0.1, 0.15) is 81.6 Å². The largest absolute Gasteiger partial charge is 0.349 e. The Morgan fingerprint density at radius 3 is 2.31 bits per heavy atom. The minimum absolute atomic E-state index is 0.0982. The Morgan fingerprint density at radius 2 is 1.65 bits per heavy atom. The summed E-state index contributed by atoms with van der Waals surface area (Å²) in [5.41, 5.74) is 2.19. The van der Waals surface area contributed by atoms with Gasteiger partial charge in [0.2, 0.25) is 0 Å². The fraction of sp³-hybridized carbons (Fsp3) is 0.696. The lowest BCUT2D eigenvalue weighted by molar-refractivity contribution is 0.0877. The zero-order valence-corrected chi connectivity index (χ0v) is 16.9. The highest BCUT2D eigenvalue weighted by Gasteiger charge is 2.29. The van der Waals surface area contributed by atoms with E-state index in [2.05, 4.69) is 43.1 Å². The van der Waals surface area contributed by atoms with Crippen molar-refractivity contribution in [3.63, 3.8) is 0 Å². The zero-order chi connectivity index (χ0) is 18.6. The monoisotopic (exact) mass is 356 g/mol. The van der Waals surface area contributed by atoms with Crippen molar-refractivity contribution in [3.8, 4) is 0 Å². The minimum atomic E-state index is 0.0982. The van der Waals surface area contributed by atoms with Crippen LogP contribution in [-0.4, -0.2) is 36.5 Å². The number of carbonyl (C=O) groups excluding carboxylic acids is 1. The Balaban J connectivity index is 1.60. The molecule has 2 aliphatic rings. The number of rotatable bonds is 4. The zero-order valence-electron chi connectivity index (χ0n) is 16.9. The van der Waals surface area contributed by atoms with Crippen LogP contribution in [-0.2, 0) is 5.41 Å². The first kappa shape index (κ1) is 19.4. The van der Waals surface area contributed by atoms with E-state index in [-0.39, 0.29) is 11.3 Å². The van der Waals surface area contributed by atoms with E-state index in [0.29, 0.717) is 12.0 Å². The van der Waals surface area contributed by atoms with Crippen LogP contribution < -0.4 is 5.32 Å². The van der Waals surface area contributed by atoms with Gasteiger partial charge in [0.25, 0.3) is 5.91 Å². The van der Waals surface area contributed by atoms with Gasteiger partial charge in [-0.2, -0.15) is 0 Å². The van der Waals surface area contributed by atoms with Crippen LogP contribution in [0.25, 0.3) is 0 Å². The Labute approximate surface area is 159 Å². The molecule has 144 valence electrons. The molecule has 1 N–H and O–H groups in total. The van der Waals surface area contributed by atoms with Crippen molar-refractivity contribution < 1.29 is 4.79 Å². The summed E-state index contributed by atoms with van der Waals surface area (Å²) in [6.45, 7) is 10.3. The van der Waals surface area contributed by atoms with Crippen molar-refractivity contribution in [2.24, 2.45) is 5.92 Å². The number of nitrogens with one attached hydrogen (secondary N) is 1. The highest BCUT2D eigenvalue weighted by Crippen LogP contribution is 2.27. The summed E-state index contributed by atoms with van der Waals surface area (Å²) in [6.07, 6.45) is 8.99. The molecule has 0 aromatic heterocycles. The van der Waals surface area contributed by atoms with Crippen LogP contribution in [0.4, 0.5) is 0 Å².